The van der Waals surface area contributed by atoms with Crippen molar-refractivity contribution in [2.24, 2.45) is 11.8 Å². The first-order valence-electron chi connectivity index (χ1n) is 8.04. The molecule has 0 fully saturated rings. The highest BCUT2D eigenvalue weighted by Gasteiger charge is 2.39. The molecule has 2 aromatic carbocycles. The molecule has 3 heteroatoms. The quantitative estimate of drug-likeness (QED) is 0.796. The lowest BCUT2D eigenvalue weighted by Gasteiger charge is -2.30. The molecule has 1 heterocycles. The van der Waals surface area contributed by atoms with Crippen LogP contribution in [0, 0.1) is 11.8 Å². The van der Waals surface area contributed by atoms with Crippen molar-refractivity contribution in [1.29, 1.82) is 0 Å². The minimum atomic E-state index is -0.0917. The molecular formula is C20H19NOS. The van der Waals surface area contributed by atoms with Crippen LogP contribution in [0.15, 0.2) is 71.3 Å². The summed E-state index contributed by atoms with van der Waals surface area (Å²) in [6.45, 7) is 2.12. The van der Waals surface area contributed by atoms with Crippen LogP contribution < -0.4 is 5.32 Å². The van der Waals surface area contributed by atoms with Crippen LogP contribution in [0.25, 0.3) is 0 Å². The van der Waals surface area contributed by atoms with E-state index in [4.69, 9.17) is 0 Å². The first-order chi connectivity index (χ1) is 11.2. The molecule has 2 aliphatic rings. The number of hydrogen-bond acceptors (Lipinski definition) is 3. The van der Waals surface area contributed by atoms with E-state index in [0.29, 0.717) is 18.1 Å². The predicted molar refractivity (Wildman–Crippen MR) is 95.5 cm³/mol. The molecule has 0 saturated carbocycles. The molecule has 2 nitrogen and oxygen atoms in total. The number of Topliss-reactive ketones (excluding diaryl/α,β-unsaturated/α-hetero) is 1. The van der Waals surface area contributed by atoms with Gasteiger partial charge in [0, 0.05) is 22.3 Å². The van der Waals surface area contributed by atoms with Gasteiger partial charge in [-0.2, -0.15) is 0 Å². The van der Waals surface area contributed by atoms with Gasteiger partial charge in [-0.1, -0.05) is 55.5 Å². The van der Waals surface area contributed by atoms with Crippen molar-refractivity contribution in [2.45, 2.75) is 23.5 Å². The topological polar surface area (TPSA) is 29.1 Å². The Balaban J connectivity index is 1.86. The fourth-order valence-electron chi connectivity index (χ4n) is 3.47. The Morgan fingerprint density at radius 2 is 1.78 bits per heavy atom. The zero-order valence-corrected chi connectivity index (χ0v) is 13.8. The van der Waals surface area contributed by atoms with Crippen LogP contribution in [0.5, 0.6) is 0 Å². The third-order valence-electron chi connectivity index (χ3n) is 4.52. The lowest BCUT2D eigenvalue weighted by atomic mass is 9.81. The molecular weight excluding hydrogens is 302 g/mol. The zero-order valence-electron chi connectivity index (χ0n) is 13.0. The average Bonchev–Trinajstić information content (AvgIpc) is 2.72. The summed E-state index contributed by atoms with van der Waals surface area (Å²) < 4.78 is 0. The second kappa shape index (κ2) is 5.89. The maximum Gasteiger partial charge on any atom is 0.143 e. The van der Waals surface area contributed by atoms with E-state index < -0.39 is 0 Å². The number of fused-ring (bicyclic) bond motifs is 2. The van der Waals surface area contributed by atoms with Gasteiger partial charge in [0.15, 0.2) is 0 Å². The SMILES string of the molecule is C[C@@H]1C=C2Nc3ccccc3S[C@H](c3ccccc3)[C@H]2C(=O)C1. The molecule has 4 rings (SSSR count). The molecule has 0 amide bonds. The smallest absolute Gasteiger partial charge is 0.143 e. The van der Waals surface area contributed by atoms with E-state index >= 15 is 0 Å². The minimum absolute atomic E-state index is 0.0917. The second-order valence-electron chi connectivity index (χ2n) is 6.32. The average molecular weight is 321 g/mol. The Labute approximate surface area is 141 Å². The number of allylic oxidation sites excluding steroid dienone is 2. The predicted octanol–water partition coefficient (Wildman–Crippen LogP) is 5.05. The molecule has 0 spiro atoms. The number of thioether (sulfide) groups is 1. The van der Waals surface area contributed by atoms with Crippen LogP contribution in [0.2, 0.25) is 0 Å². The number of hydrogen-bond donors (Lipinski definition) is 1. The molecule has 116 valence electrons. The van der Waals surface area contributed by atoms with Crippen molar-refractivity contribution in [3.05, 3.63) is 71.9 Å². The van der Waals surface area contributed by atoms with E-state index in [1.54, 1.807) is 11.8 Å². The molecule has 0 aromatic heterocycles. The molecule has 0 bridgehead atoms. The Bertz CT molecular complexity index is 768. The first-order valence-corrected chi connectivity index (χ1v) is 8.92. The fraction of sp³-hybridized carbons (Fsp3) is 0.250. The van der Waals surface area contributed by atoms with Gasteiger partial charge in [-0.05, 0) is 23.6 Å². The molecule has 1 aliphatic heterocycles. The molecule has 23 heavy (non-hydrogen) atoms. The Morgan fingerprint density at radius 3 is 2.61 bits per heavy atom. The van der Waals surface area contributed by atoms with Crippen LogP contribution in [0.1, 0.15) is 24.2 Å². The van der Waals surface area contributed by atoms with Crippen molar-refractivity contribution in [1.82, 2.24) is 0 Å². The van der Waals surface area contributed by atoms with Crippen LogP contribution in [-0.4, -0.2) is 5.78 Å². The largest absolute Gasteiger partial charge is 0.358 e. The van der Waals surface area contributed by atoms with Gasteiger partial charge in [-0.25, -0.2) is 0 Å². The first kappa shape index (κ1) is 14.6. The molecule has 0 saturated heterocycles. The highest BCUT2D eigenvalue weighted by molar-refractivity contribution is 7.99. The zero-order chi connectivity index (χ0) is 15.8. The highest BCUT2D eigenvalue weighted by Crippen LogP contribution is 2.50. The van der Waals surface area contributed by atoms with E-state index in [2.05, 4.69) is 60.8 Å². The summed E-state index contributed by atoms with van der Waals surface area (Å²) in [4.78, 5) is 14.0. The number of ketones is 1. The Hall–Kier alpha value is -2.00. The van der Waals surface area contributed by atoms with Gasteiger partial charge in [0.2, 0.25) is 0 Å². The van der Waals surface area contributed by atoms with E-state index in [1.165, 1.54) is 10.5 Å². The number of carbonyl (C=O) groups excluding carboxylic acids is 1. The Kier molecular flexibility index (Phi) is 3.74. The van der Waals surface area contributed by atoms with E-state index in [1.807, 2.05) is 12.1 Å². The maximum absolute atomic E-state index is 12.8. The number of benzene rings is 2. The molecule has 3 atom stereocenters. The van der Waals surface area contributed by atoms with E-state index in [-0.39, 0.29) is 11.2 Å². The molecule has 0 unspecified atom stereocenters. The third-order valence-corrected chi connectivity index (χ3v) is 5.93. The van der Waals surface area contributed by atoms with Gasteiger partial charge in [0.1, 0.15) is 5.78 Å². The van der Waals surface area contributed by atoms with Gasteiger partial charge in [-0.15, -0.1) is 11.8 Å². The van der Waals surface area contributed by atoms with Crippen LogP contribution >= 0.6 is 11.8 Å². The summed E-state index contributed by atoms with van der Waals surface area (Å²) in [7, 11) is 0. The van der Waals surface area contributed by atoms with Gasteiger partial charge in [0.25, 0.3) is 0 Å². The summed E-state index contributed by atoms with van der Waals surface area (Å²) in [5.41, 5.74) is 3.39. The fourth-order valence-corrected chi connectivity index (χ4v) is 4.88. The number of rotatable bonds is 1. The van der Waals surface area contributed by atoms with Crippen molar-refractivity contribution in [3.63, 3.8) is 0 Å². The van der Waals surface area contributed by atoms with Crippen molar-refractivity contribution in [2.75, 3.05) is 5.32 Å². The molecule has 2 aromatic rings. The number of anilines is 1. The highest BCUT2D eigenvalue weighted by atomic mass is 32.2. The normalized spacial score (nSPS) is 26.4. The summed E-state index contributed by atoms with van der Waals surface area (Å²) >= 11 is 1.80. The van der Waals surface area contributed by atoms with Crippen LogP contribution in [0.4, 0.5) is 5.69 Å². The monoisotopic (exact) mass is 321 g/mol. The van der Waals surface area contributed by atoms with E-state index in [0.717, 1.165) is 11.4 Å². The molecule has 1 N–H and O–H groups in total. The van der Waals surface area contributed by atoms with Gasteiger partial charge < -0.3 is 5.32 Å². The lowest BCUT2D eigenvalue weighted by Crippen LogP contribution is -2.30. The number of carbonyl (C=O) groups is 1. The maximum atomic E-state index is 12.8. The van der Waals surface area contributed by atoms with Gasteiger partial charge >= 0.3 is 0 Å². The van der Waals surface area contributed by atoms with Crippen molar-refractivity contribution in [3.8, 4) is 0 Å². The second-order valence-corrected chi connectivity index (χ2v) is 7.50. The molecule has 1 aliphatic carbocycles. The summed E-state index contributed by atoms with van der Waals surface area (Å²) in [5.74, 6) is 0.551. The summed E-state index contributed by atoms with van der Waals surface area (Å²) in [6, 6.07) is 18.7. The standard InChI is InChI=1S/C20H19NOS/c1-13-11-16-19(17(22)12-13)20(14-7-3-2-4-8-14)23-18-10-6-5-9-15(18)21-16/h2-11,13,19-21H,12H2,1H3/t13-,19-,20-/m1/s1. The van der Waals surface area contributed by atoms with Crippen molar-refractivity contribution < 1.29 is 4.79 Å². The third kappa shape index (κ3) is 2.70. The summed E-state index contributed by atoms with van der Waals surface area (Å²) in [6.07, 6.45) is 2.88. The Morgan fingerprint density at radius 1 is 1.04 bits per heavy atom. The van der Waals surface area contributed by atoms with Crippen LogP contribution in [-0.2, 0) is 4.79 Å². The van der Waals surface area contributed by atoms with Crippen molar-refractivity contribution >= 4 is 23.2 Å². The van der Waals surface area contributed by atoms with E-state index in [9.17, 15) is 4.79 Å². The lowest BCUT2D eigenvalue weighted by molar-refractivity contribution is -0.122. The summed E-state index contributed by atoms with van der Waals surface area (Å²) in [5, 5.41) is 3.67. The van der Waals surface area contributed by atoms with Crippen LogP contribution in [0.3, 0.4) is 0 Å². The van der Waals surface area contributed by atoms with Gasteiger partial charge in [-0.3, -0.25) is 4.79 Å². The molecule has 0 radical (unpaired) electrons. The number of nitrogens with one attached hydrogen (secondary N) is 1. The van der Waals surface area contributed by atoms with Gasteiger partial charge in [0.05, 0.1) is 11.6 Å². The number of para-hydroxylation sites is 1. The minimum Gasteiger partial charge on any atom is -0.358 e.